The highest BCUT2D eigenvalue weighted by atomic mass is 19.4. The predicted molar refractivity (Wildman–Crippen MR) is 118 cm³/mol. The average Bonchev–Trinajstić information content (AvgIpc) is 3.59. The van der Waals surface area contributed by atoms with Gasteiger partial charge in [0.2, 0.25) is 5.69 Å². The smallest absolute Gasteiger partial charge is 0.430 e. The van der Waals surface area contributed by atoms with Crippen LogP contribution in [-0.2, 0) is 20.9 Å². The number of amides is 1. The van der Waals surface area contributed by atoms with Crippen molar-refractivity contribution in [1.82, 2.24) is 10.3 Å². The SMILES string of the molecule is O=C(NC1CC2CCC1C2)c1[nH]c(C[NH+]2CCOCC2)c2cccc[n+]12.O=C([O-])C(F)(F)F.O=C([O-])C(F)(F)F. The number of aromatic nitrogens is 2. The first-order valence-electron chi connectivity index (χ1n) is 12.5. The molecule has 3 fully saturated rings. The molecule has 3 heterocycles. The van der Waals surface area contributed by atoms with E-state index in [-0.39, 0.29) is 5.91 Å². The Kier molecular flexibility index (Phi) is 10.00. The van der Waals surface area contributed by atoms with Crippen LogP contribution in [0, 0.1) is 11.8 Å². The third-order valence-corrected chi connectivity index (χ3v) is 7.04. The second-order valence-electron chi connectivity index (χ2n) is 9.77. The van der Waals surface area contributed by atoms with Crippen molar-refractivity contribution in [2.24, 2.45) is 11.8 Å². The Morgan fingerprint density at radius 1 is 1.00 bits per heavy atom. The van der Waals surface area contributed by atoms with Crippen molar-refractivity contribution in [2.45, 2.75) is 50.6 Å². The monoisotopic (exact) mass is 582 g/mol. The number of imidazole rings is 1. The number of fused-ring (bicyclic) bond motifs is 3. The van der Waals surface area contributed by atoms with E-state index in [1.165, 1.54) is 24.2 Å². The summed E-state index contributed by atoms with van der Waals surface area (Å²) in [5.41, 5.74) is 2.24. The summed E-state index contributed by atoms with van der Waals surface area (Å²) in [6.45, 7) is 4.57. The predicted octanol–water partition coefficient (Wildman–Crippen LogP) is -1.32. The molecule has 5 rings (SSSR count). The van der Waals surface area contributed by atoms with Gasteiger partial charge in [0, 0.05) is 6.04 Å². The molecule has 3 N–H and O–H groups in total. The highest BCUT2D eigenvalue weighted by molar-refractivity contribution is 5.90. The molecule has 2 saturated carbocycles. The number of carbonyl (C=O) groups excluding carboxylic acids is 3. The van der Waals surface area contributed by atoms with Crippen LogP contribution in [0.15, 0.2) is 24.4 Å². The maximum absolute atomic E-state index is 13.0. The lowest BCUT2D eigenvalue weighted by Gasteiger charge is -2.22. The number of carboxylic acids is 2. The number of nitrogens with zero attached hydrogens (tertiary/aromatic N) is 1. The van der Waals surface area contributed by atoms with Gasteiger partial charge in [0.1, 0.15) is 31.6 Å². The lowest BCUT2D eigenvalue weighted by Crippen LogP contribution is -3.12. The number of morpholine rings is 1. The largest absolute Gasteiger partial charge is 0.542 e. The van der Waals surface area contributed by atoms with Gasteiger partial charge in [-0.15, -0.1) is 0 Å². The fourth-order valence-corrected chi connectivity index (χ4v) is 5.20. The van der Waals surface area contributed by atoms with Crippen LogP contribution in [0.5, 0.6) is 0 Å². The molecule has 1 amide bonds. The number of rotatable bonds is 4. The molecule has 16 heteroatoms. The first-order chi connectivity index (χ1) is 18.7. The third-order valence-electron chi connectivity index (χ3n) is 7.04. The highest BCUT2D eigenvalue weighted by Crippen LogP contribution is 2.44. The second-order valence-corrected chi connectivity index (χ2v) is 9.77. The summed E-state index contributed by atoms with van der Waals surface area (Å²) in [4.78, 5) is 35.5. The van der Waals surface area contributed by atoms with Gasteiger partial charge in [-0.1, -0.05) is 12.5 Å². The van der Waals surface area contributed by atoms with Crippen LogP contribution in [0.25, 0.3) is 5.52 Å². The minimum Gasteiger partial charge on any atom is -0.542 e. The van der Waals surface area contributed by atoms with E-state index >= 15 is 0 Å². The van der Waals surface area contributed by atoms with E-state index in [4.69, 9.17) is 24.5 Å². The van der Waals surface area contributed by atoms with Gasteiger partial charge >= 0.3 is 24.1 Å². The molecule has 2 bridgehead atoms. The van der Waals surface area contributed by atoms with Crippen molar-refractivity contribution in [3.05, 3.63) is 35.9 Å². The van der Waals surface area contributed by atoms with E-state index in [9.17, 15) is 31.1 Å². The Balaban J connectivity index is 0.000000263. The summed E-state index contributed by atoms with van der Waals surface area (Å²) in [6.07, 6.45) is -3.32. The number of aliphatic carboxylic acids is 2. The fourth-order valence-electron chi connectivity index (χ4n) is 5.20. The van der Waals surface area contributed by atoms with E-state index < -0.39 is 24.3 Å². The molecule has 3 unspecified atom stereocenters. The van der Waals surface area contributed by atoms with E-state index in [1.54, 1.807) is 0 Å². The van der Waals surface area contributed by atoms with Crippen LogP contribution in [0.1, 0.15) is 42.0 Å². The summed E-state index contributed by atoms with van der Waals surface area (Å²) >= 11 is 0. The number of carboxylic acid groups (broad SMARTS) is 2. The topological polar surface area (TPSA) is 143 Å². The first-order valence-corrected chi connectivity index (χ1v) is 12.5. The molecular formula is C24H28F6N4O6. The van der Waals surface area contributed by atoms with Gasteiger partial charge in [0.05, 0.1) is 19.4 Å². The summed E-state index contributed by atoms with van der Waals surface area (Å²) in [5.74, 6) is -3.80. The van der Waals surface area contributed by atoms with Gasteiger partial charge < -0.3 is 34.8 Å². The number of pyridine rings is 1. The van der Waals surface area contributed by atoms with Crippen LogP contribution in [-0.4, -0.2) is 67.5 Å². The van der Waals surface area contributed by atoms with E-state index in [1.807, 2.05) is 22.7 Å². The second kappa shape index (κ2) is 12.8. The van der Waals surface area contributed by atoms with Crippen molar-refractivity contribution in [2.75, 3.05) is 26.3 Å². The van der Waals surface area contributed by atoms with Gasteiger partial charge in [-0.05, 0) is 43.2 Å². The lowest BCUT2D eigenvalue weighted by molar-refractivity contribution is -0.921. The average molecular weight is 582 g/mol. The Labute approximate surface area is 223 Å². The summed E-state index contributed by atoms with van der Waals surface area (Å²) in [5, 5.41) is 20.9. The molecule has 222 valence electrons. The zero-order chi connectivity index (χ0) is 29.7. The van der Waals surface area contributed by atoms with Crippen LogP contribution in [0.3, 0.4) is 0 Å². The number of H-pyrrole nitrogens is 1. The number of nitrogens with one attached hydrogen (secondary N) is 3. The Bertz CT molecular complexity index is 1170. The number of halogens is 6. The Morgan fingerprint density at radius 3 is 2.10 bits per heavy atom. The Morgan fingerprint density at radius 2 is 1.60 bits per heavy atom. The number of alkyl halides is 6. The maximum atomic E-state index is 13.0. The zero-order valence-corrected chi connectivity index (χ0v) is 21.1. The molecule has 1 aliphatic heterocycles. The van der Waals surface area contributed by atoms with Crippen LogP contribution in [0.4, 0.5) is 26.3 Å². The number of hydrogen-bond donors (Lipinski definition) is 3. The fraction of sp³-hybridized carbons (Fsp3) is 0.583. The molecule has 1 saturated heterocycles. The zero-order valence-electron chi connectivity index (χ0n) is 21.1. The molecule has 2 aliphatic carbocycles. The summed E-state index contributed by atoms with van der Waals surface area (Å²) in [7, 11) is 0. The molecule has 3 aliphatic rings. The van der Waals surface area contributed by atoms with Crippen molar-refractivity contribution < 1.29 is 65.0 Å². The number of carbonyl (C=O) groups is 3. The number of aromatic amines is 1. The number of hydrogen-bond acceptors (Lipinski definition) is 6. The van der Waals surface area contributed by atoms with Crippen molar-refractivity contribution in [3.63, 3.8) is 0 Å². The van der Waals surface area contributed by atoms with Crippen molar-refractivity contribution >= 4 is 23.4 Å². The standard InChI is InChI=1S/C20H26N4O2.2C2HF3O2/c25-20(22-16-12-14-4-5-15(16)11-14)19-21-17(13-23-7-9-26-10-8-23)18-3-1-2-6-24(18)19;2*3-2(4,5)1(6)7/h1-3,6,14-16H,4-5,7-13H2,(H,22,25);2*(H,6,7). The number of ether oxygens (including phenoxy) is 1. The molecule has 2 aromatic rings. The van der Waals surface area contributed by atoms with Gasteiger partial charge in [0.25, 0.3) is 0 Å². The third kappa shape index (κ3) is 8.30. The molecule has 40 heavy (non-hydrogen) atoms. The molecule has 10 nitrogen and oxygen atoms in total. The van der Waals surface area contributed by atoms with Crippen molar-refractivity contribution in [3.8, 4) is 0 Å². The molecule has 0 spiro atoms. The maximum Gasteiger partial charge on any atom is 0.430 e. The number of quaternary nitrogens is 1. The van der Waals surface area contributed by atoms with E-state index in [0.717, 1.165) is 56.4 Å². The molecule has 0 aromatic carbocycles. The van der Waals surface area contributed by atoms with Crippen molar-refractivity contribution in [1.29, 1.82) is 0 Å². The van der Waals surface area contributed by atoms with Crippen LogP contribution < -0.4 is 24.8 Å². The lowest BCUT2D eigenvalue weighted by atomic mass is 9.95. The van der Waals surface area contributed by atoms with Crippen LogP contribution in [0.2, 0.25) is 0 Å². The minimum atomic E-state index is -5.19. The van der Waals surface area contributed by atoms with Gasteiger partial charge in [-0.3, -0.25) is 4.79 Å². The van der Waals surface area contributed by atoms with Gasteiger partial charge in [-0.2, -0.15) is 30.7 Å². The van der Waals surface area contributed by atoms with Crippen LogP contribution >= 0.6 is 0 Å². The van der Waals surface area contributed by atoms with Gasteiger partial charge in [-0.25, -0.2) is 4.98 Å². The highest BCUT2D eigenvalue weighted by Gasteiger charge is 2.41. The molecular weight excluding hydrogens is 554 g/mol. The minimum absolute atomic E-state index is 0.0342. The van der Waals surface area contributed by atoms with E-state index in [2.05, 4.69) is 16.4 Å². The summed E-state index contributed by atoms with van der Waals surface area (Å²) in [6, 6.07) is 6.48. The molecule has 0 radical (unpaired) electrons. The van der Waals surface area contributed by atoms with Gasteiger partial charge in [0.15, 0.2) is 5.52 Å². The molecule has 3 atom stereocenters. The molecule has 2 aromatic heterocycles. The first kappa shape index (κ1) is 31.1. The normalized spacial score (nSPS) is 22.6. The summed E-state index contributed by atoms with van der Waals surface area (Å²) < 4.78 is 70.6. The van der Waals surface area contributed by atoms with E-state index in [0.29, 0.717) is 17.8 Å². The Hall–Kier alpha value is -3.40. The quantitative estimate of drug-likeness (QED) is 0.302.